The van der Waals surface area contributed by atoms with Crippen LogP contribution in [0.15, 0.2) is 53.5 Å². The number of carbonyl (C=O) groups excluding carboxylic acids is 1. The zero-order chi connectivity index (χ0) is 19.9. The van der Waals surface area contributed by atoms with Crippen molar-refractivity contribution >= 4 is 40.0 Å². The summed E-state index contributed by atoms with van der Waals surface area (Å²) in [6.07, 6.45) is 2.22. The highest BCUT2D eigenvalue weighted by atomic mass is 35.5. The SMILES string of the molecule is O=C(c1c[nH]c2ccc(Cl)cc2c1=O)N1CCC(O)(c2ccc(Cl)cc2)CC1. The molecule has 28 heavy (non-hydrogen) atoms. The van der Waals surface area contributed by atoms with E-state index in [1.165, 1.54) is 6.20 Å². The number of halogens is 2. The maximum atomic E-state index is 12.9. The lowest BCUT2D eigenvalue weighted by atomic mass is 9.84. The maximum absolute atomic E-state index is 12.9. The molecule has 1 aliphatic rings. The summed E-state index contributed by atoms with van der Waals surface area (Å²) >= 11 is 11.9. The topological polar surface area (TPSA) is 73.4 Å². The zero-order valence-electron chi connectivity index (χ0n) is 14.9. The number of benzene rings is 2. The highest BCUT2D eigenvalue weighted by molar-refractivity contribution is 6.31. The van der Waals surface area contributed by atoms with Crippen molar-refractivity contribution in [1.82, 2.24) is 9.88 Å². The van der Waals surface area contributed by atoms with Crippen molar-refractivity contribution in [1.29, 1.82) is 0 Å². The van der Waals surface area contributed by atoms with Crippen LogP contribution < -0.4 is 5.43 Å². The van der Waals surface area contributed by atoms with E-state index < -0.39 is 5.60 Å². The Hall–Kier alpha value is -2.34. The number of piperidine rings is 1. The van der Waals surface area contributed by atoms with Crippen molar-refractivity contribution in [2.75, 3.05) is 13.1 Å². The molecule has 1 amide bonds. The first-order valence-corrected chi connectivity index (χ1v) is 9.72. The Morgan fingerprint density at radius 1 is 1.04 bits per heavy atom. The third kappa shape index (κ3) is 3.41. The summed E-state index contributed by atoms with van der Waals surface area (Å²) in [6.45, 7) is 0.704. The second-order valence-electron chi connectivity index (χ2n) is 7.05. The van der Waals surface area contributed by atoms with Gasteiger partial charge in [0.25, 0.3) is 5.91 Å². The van der Waals surface area contributed by atoms with Crippen LogP contribution in [0.25, 0.3) is 10.9 Å². The number of hydrogen-bond acceptors (Lipinski definition) is 3. The average molecular weight is 417 g/mol. The van der Waals surface area contributed by atoms with E-state index >= 15 is 0 Å². The largest absolute Gasteiger partial charge is 0.385 e. The van der Waals surface area contributed by atoms with E-state index in [0.29, 0.717) is 46.9 Å². The minimum atomic E-state index is -1.01. The van der Waals surface area contributed by atoms with Crippen LogP contribution in [-0.4, -0.2) is 34.0 Å². The summed E-state index contributed by atoms with van der Waals surface area (Å²) < 4.78 is 0. The molecule has 0 spiro atoms. The molecule has 1 fully saturated rings. The molecule has 0 unspecified atom stereocenters. The van der Waals surface area contributed by atoms with Crippen LogP contribution in [-0.2, 0) is 5.60 Å². The first-order valence-electron chi connectivity index (χ1n) is 8.96. The number of H-pyrrole nitrogens is 1. The van der Waals surface area contributed by atoms with Crippen LogP contribution in [0.1, 0.15) is 28.8 Å². The molecule has 0 saturated carbocycles. The molecular weight excluding hydrogens is 399 g/mol. The number of rotatable bonds is 2. The number of aromatic nitrogens is 1. The number of likely N-dealkylation sites (tertiary alicyclic amines) is 1. The van der Waals surface area contributed by atoms with Gasteiger partial charge in [0.15, 0.2) is 0 Å². The number of carbonyl (C=O) groups is 1. The first kappa shape index (κ1) is 19.0. The number of pyridine rings is 1. The van der Waals surface area contributed by atoms with Crippen LogP contribution in [0.5, 0.6) is 0 Å². The molecular formula is C21H18Cl2N2O3. The molecule has 1 saturated heterocycles. The monoisotopic (exact) mass is 416 g/mol. The number of amides is 1. The molecule has 7 heteroatoms. The number of nitrogens with zero attached hydrogens (tertiary/aromatic N) is 1. The van der Waals surface area contributed by atoms with E-state index in [-0.39, 0.29) is 16.9 Å². The van der Waals surface area contributed by atoms with E-state index in [9.17, 15) is 14.7 Å². The zero-order valence-corrected chi connectivity index (χ0v) is 16.4. The third-order valence-corrected chi connectivity index (χ3v) is 5.82. The van der Waals surface area contributed by atoms with Crippen molar-refractivity contribution in [2.24, 2.45) is 0 Å². The number of nitrogens with one attached hydrogen (secondary N) is 1. The predicted octanol–water partition coefficient (Wildman–Crippen LogP) is 3.96. The smallest absolute Gasteiger partial charge is 0.259 e. The molecule has 0 atom stereocenters. The van der Waals surface area contributed by atoms with Crippen molar-refractivity contribution in [3.8, 4) is 0 Å². The van der Waals surface area contributed by atoms with Crippen LogP contribution in [0.4, 0.5) is 0 Å². The lowest BCUT2D eigenvalue weighted by Gasteiger charge is -2.38. The lowest BCUT2D eigenvalue weighted by molar-refractivity contribution is -0.0211. The van der Waals surface area contributed by atoms with Crippen molar-refractivity contribution < 1.29 is 9.90 Å². The van der Waals surface area contributed by atoms with Gasteiger partial charge in [0.05, 0.1) is 5.60 Å². The predicted molar refractivity (Wildman–Crippen MR) is 110 cm³/mol. The van der Waals surface area contributed by atoms with Crippen molar-refractivity contribution in [3.05, 3.63) is 80.1 Å². The Balaban J connectivity index is 1.56. The van der Waals surface area contributed by atoms with Gasteiger partial charge >= 0.3 is 0 Å². The van der Waals surface area contributed by atoms with E-state index in [1.54, 1.807) is 47.4 Å². The Morgan fingerprint density at radius 2 is 1.68 bits per heavy atom. The van der Waals surface area contributed by atoms with E-state index in [1.807, 2.05) is 0 Å². The van der Waals surface area contributed by atoms with Gasteiger partial charge in [-0.1, -0.05) is 35.3 Å². The van der Waals surface area contributed by atoms with Crippen molar-refractivity contribution in [2.45, 2.75) is 18.4 Å². The lowest BCUT2D eigenvalue weighted by Crippen LogP contribution is -2.46. The molecule has 2 heterocycles. The van der Waals surface area contributed by atoms with Gasteiger partial charge in [0.2, 0.25) is 5.43 Å². The van der Waals surface area contributed by atoms with Gasteiger partial charge in [0.1, 0.15) is 5.56 Å². The molecule has 2 aromatic carbocycles. The second-order valence-corrected chi connectivity index (χ2v) is 7.92. The van der Waals surface area contributed by atoms with E-state index in [4.69, 9.17) is 23.2 Å². The highest BCUT2D eigenvalue weighted by Gasteiger charge is 2.36. The molecule has 0 aliphatic carbocycles. The molecule has 144 valence electrons. The summed E-state index contributed by atoms with van der Waals surface area (Å²) in [4.78, 5) is 30.3. The summed E-state index contributed by atoms with van der Waals surface area (Å²) in [7, 11) is 0. The second kappa shape index (κ2) is 7.24. The number of hydrogen-bond donors (Lipinski definition) is 2. The van der Waals surface area contributed by atoms with Gasteiger partial charge in [-0.25, -0.2) is 0 Å². The Labute approximate surface area is 171 Å². The summed E-state index contributed by atoms with van der Waals surface area (Å²) in [5, 5.41) is 12.4. The molecule has 5 nitrogen and oxygen atoms in total. The molecule has 0 radical (unpaired) electrons. The van der Waals surface area contributed by atoms with Gasteiger partial charge in [0, 0.05) is 40.2 Å². The fraction of sp³-hybridized carbons (Fsp3) is 0.238. The van der Waals surface area contributed by atoms with E-state index in [2.05, 4.69) is 4.98 Å². The number of aliphatic hydroxyl groups is 1. The number of fused-ring (bicyclic) bond motifs is 1. The Bertz CT molecular complexity index is 1100. The minimum Gasteiger partial charge on any atom is -0.385 e. The van der Waals surface area contributed by atoms with Crippen LogP contribution in [0, 0.1) is 0 Å². The van der Waals surface area contributed by atoms with Gasteiger partial charge in [-0.05, 0) is 48.7 Å². The molecule has 3 aromatic rings. The third-order valence-electron chi connectivity index (χ3n) is 5.33. The fourth-order valence-corrected chi connectivity index (χ4v) is 3.95. The molecule has 0 bridgehead atoms. The molecule has 2 N–H and O–H groups in total. The van der Waals surface area contributed by atoms with Gasteiger partial charge in [-0.15, -0.1) is 0 Å². The van der Waals surface area contributed by atoms with Crippen molar-refractivity contribution in [3.63, 3.8) is 0 Å². The summed E-state index contributed by atoms with van der Waals surface area (Å²) in [6, 6.07) is 12.0. The van der Waals surface area contributed by atoms with E-state index in [0.717, 1.165) is 5.56 Å². The molecule has 4 rings (SSSR count). The Morgan fingerprint density at radius 3 is 2.36 bits per heavy atom. The fourth-order valence-electron chi connectivity index (χ4n) is 3.65. The number of aromatic amines is 1. The van der Waals surface area contributed by atoms with Gasteiger partial charge in [-0.3, -0.25) is 9.59 Å². The normalized spacial score (nSPS) is 16.3. The first-order chi connectivity index (χ1) is 13.4. The van der Waals surface area contributed by atoms with Crippen LogP contribution >= 0.6 is 23.2 Å². The van der Waals surface area contributed by atoms with Gasteiger partial charge < -0.3 is 15.0 Å². The maximum Gasteiger partial charge on any atom is 0.259 e. The molecule has 1 aromatic heterocycles. The quantitative estimate of drug-likeness (QED) is 0.663. The Kier molecular flexibility index (Phi) is 4.91. The molecule has 1 aliphatic heterocycles. The minimum absolute atomic E-state index is 0.0756. The van der Waals surface area contributed by atoms with Crippen LogP contribution in [0.2, 0.25) is 10.0 Å². The summed E-state index contributed by atoms with van der Waals surface area (Å²) in [5.41, 5.74) is 0.125. The standard InChI is InChI=1S/C21H18Cl2N2O3/c22-14-3-1-13(2-4-14)21(28)7-9-25(10-8-21)20(27)17-12-24-18-6-5-15(23)11-16(18)19(17)26/h1-6,11-12,28H,7-10H2,(H,24,26). The van der Waals surface area contributed by atoms with Crippen LogP contribution in [0.3, 0.4) is 0 Å². The summed E-state index contributed by atoms with van der Waals surface area (Å²) in [5.74, 6) is -0.346. The van der Waals surface area contributed by atoms with Gasteiger partial charge in [-0.2, -0.15) is 0 Å². The average Bonchev–Trinajstić information content (AvgIpc) is 2.69. The highest BCUT2D eigenvalue weighted by Crippen LogP contribution is 2.33.